The monoisotopic (exact) mass is 209 g/mol. The number of nitrogen functional groups attached to an aromatic ring is 1. The van der Waals surface area contributed by atoms with Crippen LogP contribution in [-0.2, 0) is 0 Å². The number of nitrogens with two attached hydrogens (primary N) is 1. The zero-order chi connectivity index (χ0) is 9.26. The average Bonchev–Trinajstić information content (AvgIpc) is 2.17. The van der Waals surface area contributed by atoms with Crippen molar-refractivity contribution in [3.63, 3.8) is 0 Å². The van der Waals surface area contributed by atoms with Crippen LogP contribution in [0.15, 0.2) is 36.4 Å². The molecule has 0 bridgehead atoms. The second-order valence-electron chi connectivity index (χ2n) is 2.97. The fourth-order valence-electron chi connectivity index (χ4n) is 1.37. The first-order valence-electron chi connectivity index (χ1n) is 4.13. The van der Waals surface area contributed by atoms with Crippen LogP contribution in [0.5, 0.6) is 5.75 Å². The first-order valence-corrected chi connectivity index (χ1v) is 4.13. The van der Waals surface area contributed by atoms with Gasteiger partial charge in [-0.25, -0.2) is 0 Å². The largest absolute Gasteiger partial charge is 0.497 e. The van der Waals surface area contributed by atoms with Gasteiger partial charge in [-0.2, -0.15) is 0 Å². The predicted molar refractivity (Wildman–Crippen MR) is 62.2 cm³/mol. The number of hydrogen-bond acceptors (Lipinski definition) is 2. The predicted octanol–water partition coefficient (Wildman–Crippen LogP) is 2.85. The second kappa shape index (κ2) is 4.20. The standard InChI is InChI=1S/C11H11NO.ClH/c1-13-11-5-3-8-6-10(12)4-2-9(8)7-11;/h2-7H,12H2,1H3;1H. The molecule has 0 amide bonds. The number of hydrogen-bond donors (Lipinski definition) is 1. The van der Waals surface area contributed by atoms with Crippen LogP contribution in [0.1, 0.15) is 0 Å². The minimum Gasteiger partial charge on any atom is -0.497 e. The van der Waals surface area contributed by atoms with Gasteiger partial charge in [0.25, 0.3) is 0 Å². The highest BCUT2D eigenvalue weighted by Gasteiger charge is 1.95. The molecule has 14 heavy (non-hydrogen) atoms. The van der Waals surface area contributed by atoms with Crippen LogP contribution < -0.4 is 10.5 Å². The van der Waals surface area contributed by atoms with Crippen molar-refractivity contribution in [3.8, 4) is 5.75 Å². The maximum absolute atomic E-state index is 5.66. The van der Waals surface area contributed by atoms with E-state index in [2.05, 4.69) is 0 Å². The van der Waals surface area contributed by atoms with Crippen molar-refractivity contribution in [3.05, 3.63) is 36.4 Å². The molecule has 0 unspecified atom stereocenters. The van der Waals surface area contributed by atoms with Gasteiger partial charge in [0.15, 0.2) is 0 Å². The Hall–Kier alpha value is -1.41. The lowest BCUT2D eigenvalue weighted by molar-refractivity contribution is 0.415. The van der Waals surface area contributed by atoms with Gasteiger partial charge in [0, 0.05) is 5.69 Å². The molecule has 2 aromatic carbocycles. The molecule has 0 saturated carbocycles. The number of rotatable bonds is 1. The summed E-state index contributed by atoms with van der Waals surface area (Å²) in [6.07, 6.45) is 0. The van der Waals surface area contributed by atoms with E-state index in [1.807, 2.05) is 36.4 Å². The maximum atomic E-state index is 5.66. The molecule has 74 valence electrons. The minimum absolute atomic E-state index is 0. The minimum atomic E-state index is 0. The second-order valence-corrected chi connectivity index (χ2v) is 2.97. The quantitative estimate of drug-likeness (QED) is 0.733. The van der Waals surface area contributed by atoms with Gasteiger partial charge in [-0.3, -0.25) is 0 Å². The first kappa shape index (κ1) is 10.7. The van der Waals surface area contributed by atoms with Crippen LogP contribution in [0.2, 0.25) is 0 Å². The third-order valence-corrected chi connectivity index (χ3v) is 2.07. The van der Waals surface area contributed by atoms with Gasteiger partial charge in [0.05, 0.1) is 7.11 Å². The Labute approximate surface area is 89.1 Å². The van der Waals surface area contributed by atoms with E-state index in [1.54, 1.807) is 7.11 Å². The molecule has 0 aliphatic heterocycles. The highest BCUT2D eigenvalue weighted by Crippen LogP contribution is 2.22. The van der Waals surface area contributed by atoms with Gasteiger partial charge in [-0.15, -0.1) is 12.4 Å². The van der Waals surface area contributed by atoms with E-state index < -0.39 is 0 Å². The lowest BCUT2D eigenvalue weighted by atomic mass is 10.1. The summed E-state index contributed by atoms with van der Waals surface area (Å²) in [6.45, 7) is 0. The summed E-state index contributed by atoms with van der Waals surface area (Å²) in [4.78, 5) is 0. The van der Waals surface area contributed by atoms with Gasteiger partial charge in [0.2, 0.25) is 0 Å². The number of halogens is 1. The van der Waals surface area contributed by atoms with Gasteiger partial charge in [-0.05, 0) is 35.0 Å². The molecule has 0 radical (unpaired) electrons. The summed E-state index contributed by atoms with van der Waals surface area (Å²) in [6, 6.07) is 11.8. The fourth-order valence-corrected chi connectivity index (χ4v) is 1.37. The molecule has 0 heterocycles. The number of benzene rings is 2. The molecule has 0 fully saturated rings. The smallest absolute Gasteiger partial charge is 0.119 e. The molecule has 0 aliphatic carbocycles. The van der Waals surface area contributed by atoms with Crippen LogP contribution in [-0.4, -0.2) is 7.11 Å². The SMILES string of the molecule is COc1ccc2cc(N)ccc2c1.Cl. The van der Waals surface area contributed by atoms with Crippen molar-refractivity contribution in [2.45, 2.75) is 0 Å². The Kier molecular flexibility index (Phi) is 3.20. The fraction of sp³-hybridized carbons (Fsp3) is 0.0909. The molecule has 0 spiro atoms. The van der Waals surface area contributed by atoms with E-state index in [-0.39, 0.29) is 12.4 Å². The highest BCUT2D eigenvalue weighted by atomic mass is 35.5. The van der Waals surface area contributed by atoms with Crippen molar-refractivity contribution >= 4 is 28.9 Å². The van der Waals surface area contributed by atoms with Gasteiger partial charge >= 0.3 is 0 Å². The van der Waals surface area contributed by atoms with E-state index in [1.165, 1.54) is 0 Å². The topological polar surface area (TPSA) is 35.2 Å². The maximum Gasteiger partial charge on any atom is 0.119 e. The Morgan fingerprint density at radius 2 is 1.64 bits per heavy atom. The van der Waals surface area contributed by atoms with E-state index in [0.717, 1.165) is 22.2 Å². The molecular formula is C11H12ClNO. The molecule has 2 nitrogen and oxygen atoms in total. The zero-order valence-electron chi connectivity index (χ0n) is 7.86. The molecule has 0 aromatic heterocycles. The summed E-state index contributed by atoms with van der Waals surface area (Å²) in [5.41, 5.74) is 6.45. The van der Waals surface area contributed by atoms with Crippen molar-refractivity contribution in [1.29, 1.82) is 0 Å². The summed E-state index contributed by atoms with van der Waals surface area (Å²) < 4.78 is 5.12. The van der Waals surface area contributed by atoms with E-state index in [9.17, 15) is 0 Å². The van der Waals surface area contributed by atoms with E-state index >= 15 is 0 Å². The molecular weight excluding hydrogens is 198 g/mol. The van der Waals surface area contributed by atoms with Crippen molar-refractivity contribution in [2.75, 3.05) is 12.8 Å². The number of anilines is 1. The molecule has 2 rings (SSSR count). The molecule has 3 heteroatoms. The lowest BCUT2D eigenvalue weighted by Crippen LogP contribution is -1.85. The van der Waals surface area contributed by atoms with Gasteiger partial charge in [-0.1, -0.05) is 12.1 Å². The molecule has 2 N–H and O–H groups in total. The number of ether oxygens (including phenoxy) is 1. The number of fused-ring (bicyclic) bond motifs is 1. The summed E-state index contributed by atoms with van der Waals surface area (Å²) in [7, 11) is 1.67. The Morgan fingerprint density at radius 3 is 2.36 bits per heavy atom. The van der Waals surface area contributed by atoms with Crippen LogP contribution in [0.3, 0.4) is 0 Å². The zero-order valence-corrected chi connectivity index (χ0v) is 8.67. The first-order chi connectivity index (χ1) is 6.29. The van der Waals surface area contributed by atoms with Crippen molar-refractivity contribution in [2.24, 2.45) is 0 Å². The molecule has 2 aromatic rings. The van der Waals surface area contributed by atoms with E-state index in [0.29, 0.717) is 0 Å². The van der Waals surface area contributed by atoms with Crippen LogP contribution in [0.25, 0.3) is 10.8 Å². The normalized spacial score (nSPS) is 9.50. The van der Waals surface area contributed by atoms with E-state index in [4.69, 9.17) is 10.5 Å². The van der Waals surface area contributed by atoms with Gasteiger partial charge < -0.3 is 10.5 Å². The van der Waals surface area contributed by atoms with Crippen molar-refractivity contribution < 1.29 is 4.74 Å². The van der Waals surface area contributed by atoms with Gasteiger partial charge in [0.1, 0.15) is 5.75 Å². The number of methoxy groups -OCH3 is 1. The molecule has 0 atom stereocenters. The Balaban J connectivity index is 0.000000980. The third-order valence-electron chi connectivity index (χ3n) is 2.07. The summed E-state index contributed by atoms with van der Waals surface area (Å²) in [5, 5.41) is 2.29. The summed E-state index contributed by atoms with van der Waals surface area (Å²) >= 11 is 0. The van der Waals surface area contributed by atoms with Crippen LogP contribution in [0, 0.1) is 0 Å². The molecule has 0 aliphatic rings. The molecule has 0 saturated heterocycles. The van der Waals surface area contributed by atoms with Crippen LogP contribution in [0.4, 0.5) is 5.69 Å². The highest BCUT2D eigenvalue weighted by molar-refractivity contribution is 5.86. The Morgan fingerprint density at radius 1 is 1.00 bits per heavy atom. The third kappa shape index (κ3) is 1.91. The van der Waals surface area contributed by atoms with Crippen LogP contribution >= 0.6 is 12.4 Å². The summed E-state index contributed by atoms with van der Waals surface area (Å²) in [5.74, 6) is 0.872. The van der Waals surface area contributed by atoms with Crippen molar-refractivity contribution in [1.82, 2.24) is 0 Å². The average molecular weight is 210 g/mol. The Bertz CT molecular complexity index is 442. The lowest BCUT2D eigenvalue weighted by Gasteiger charge is -2.02.